The smallest absolute Gasteiger partial charge is 0.253 e. The summed E-state index contributed by atoms with van der Waals surface area (Å²) < 4.78 is 25.8. The van der Waals surface area contributed by atoms with Gasteiger partial charge in [-0.05, 0) is 72.3 Å². The van der Waals surface area contributed by atoms with Crippen molar-refractivity contribution in [2.24, 2.45) is 0 Å². The zero-order valence-electron chi connectivity index (χ0n) is 24.0. The monoisotopic (exact) mass is 576 g/mol. The Kier molecular flexibility index (Phi) is 8.56. The number of benzene rings is 4. The highest BCUT2D eigenvalue weighted by atomic mass is 19.1. The van der Waals surface area contributed by atoms with Gasteiger partial charge in [-0.3, -0.25) is 9.69 Å². The van der Waals surface area contributed by atoms with Crippen molar-refractivity contribution in [3.05, 3.63) is 126 Å². The first-order chi connectivity index (χ1) is 21.0. The maximum atomic E-state index is 13.6. The SMILES string of the molecule is CN(Cc1cccc(OC2CCN(C(=O)c3ccc(-c4cccc(F)c4)cc3)CC2)c1)Cc1nnc(-c2ccccc2)o1. The van der Waals surface area contributed by atoms with Gasteiger partial charge in [-0.2, -0.15) is 0 Å². The molecule has 0 spiro atoms. The summed E-state index contributed by atoms with van der Waals surface area (Å²) in [5, 5.41) is 8.38. The van der Waals surface area contributed by atoms with E-state index in [-0.39, 0.29) is 17.8 Å². The highest BCUT2D eigenvalue weighted by molar-refractivity contribution is 5.94. The molecule has 1 aliphatic heterocycles. The Balaban J connectivity index is 0.986. The molecule has 2 heterocycles. The second-order valence-electron chi connectivity index (χ2n) is 10.9. The van der Waals surface area contributed by atoms with Crippen LogP contribution in [0.25, 0.3) is 22.6 Å². The number of amides is 1. The Labute approximate surface area is 250 Å². The molecule has 7 nitrogen and oxygen atoms in total. The van der Waals surface area contributed by atoms with Crippen molar-refractivity contribution in [1.29, 1.82) is 0 Å². The lowest BCUT2D eigenvalue weighted by Gasteiger charge is -2.32. The van der Waals surface area contributed by atoms with Crippen LogP contribution in [0.3, 0.4) is 0 Å². The number of piperidine rings is 1. The van der Waals surface area contributed by atoms with Crippen LogP contribution in [0.5, 0.6) is 5.75 Å². The molecule has 0 atom stereocenters. The van der Waals surface area contributed by atoms with E-state index >= 15 is 0 Å². The third-order valence-corrected chi connectivity index (χ3v) is 7.57. The van der Waals surface area contributed by atoms with E-state index < -0.39 is 0 Å². The van der Waals surface area contributed by atoms with Crippen LogP contribution in [0.15, 0.2) is 108 Å². The van der Waals surface area contributed by atoms with Gasteiger partial charge in [0.25, 0.3) is 5.91 Å². The zero-order valence-corrected chi connectivity index (χ0v) is 24.0. The zero-order chi connectivity index (χ0) is 29.6. The van der Waals surface area contributed by atoms with Gasteiger partial charge in [-0.15, -0.1) is 10.2 Å². The average molecular weight is 577 g/mol. The molecule has 0 N–H and O–H groups in total. The Morgan fingerprint density at radius 2 is 1.60 bits per heavy atom. The first-order valence-electron chi connectivity index (χ1n) is 14.5. The number of carbonyl (C=O) groups is 1. The number of ether oxygens (including phenoxy) is 1. The molecule has 1 aromatic heterocycles. The summed E-state index contributed by atoms with van der Waals surface area (Å²) in [6.45, 7) is 2.50. The lowest BCUT2D eigenvalue weighted by Crippen LogP contribution is -2.41. The average Bonchev–Trinajstić information content (AvgIpc) is 3.50. The fourth-order valence-corrected chi connectivity index (χ4v) is 5.36. The Hall–Kier alpha value is -4.82. The maximum absolute atomic E-state index is 13.6. The Morgan fingerprint density at radius 1 is 0.860 bits per heavy atom. The van der Waals surface area contributed by atoms with E-state index in [1.807, 2.05) is 84.7 Å². The molecule has 1 amide bonds. The van der Waals surface area contributed by atoms with Crippen LogP contribution >= 0.6 is 0 Å². The molecule has 6 rings (SSSR count). The van der Waals surface area contributed by atoms with Crippen LogP contribution in [0.4, 0.5) is 4.39 Å². The molecule has 43 heavy (non-hydrogen) atoms. The fourth-order valence-electron chi connectivity index (χ4n) is 5.36. The molecular formula is C35H33FN4O3. The van der Waals surface area contributed by atoms with Gasteiger partial charge in [0, 0.05) is 43.6 Å². The number of halogens is 1. The summed E-state index contributed by atoms with van der Waals surface area (Å²) in [6.07, 6.45) is 1.57. The van der Waals surface area contributed by atoms with E-state index in [0.717, 1.165) is 40.8 Å². The molecule has 8 heteroatoms. The van der Waals surface area contributed by atoms with E-state index in [0.29, 0.717) is 43.5 Å². The maximum Gasteiger partial charge on any atom is 0.253 e. The van der Waals surface area contributed by atoms with Crippen LogP contribution in [-0.4, -0.2) is 52.1 Å². The summed E-state index contributed by atoms with van der Waals surface area (Å²) in [5.74, 6) is 1.64. The van der Waals surface area contributed by atoms with Gasteiger partial charge in [0.05, 0.1) is 6.54 Å². The summed E-state index contributed by atoms with van der Waals surface area (Å²) >= 11 is 0. The van der Waals surface area contributed by atoms with Crippen molar-refractivity contribution in [1.82, 2.24) is 20.0 Å². The second kappa shape index (κ2) is 13.0. The molecule has 1 aliphatic rings. The molecule has 1 fully saturated rings. The number of nitrogens with zero attached hydrogens (tertiary/aromatic N) is 4. The lowest BCUT2D eigenvalue weighted by molar-refractivity contribution is 0.0595. The lowest BCUT2D eigenvalue weighted by atomic mass is 10.0. The van der Waals surface area contributed by atoms with E-state index in [9.17, 15) is 9.18 Å². The predicted molar refractivity (Wildman–Crippen MR) is 163 cm³/mol. The largest absolute Gasteiger partial charge is 0.490 e. The molecule has 0 radical (unpaired) electrons. The first kappa shape index (κ1) is 28.3. The van der Waals surface area contributed by atoms with Gasteiger partial charge in [-0.25, -0.2) is 4.39 Å². The van der Waals surface area contributed by atoms with Gasteiger partial charge in [-0.1, -0.05) is 54.6 Å². The summed E-state index contributed by atoms with van der Waals surface area (Å²) in [6, 6.07) is 31.7. The molecule has 4 aromatic carbocycles. The van der Waals surface area contributed by atoms with Crippen LogP contribution in [0, 0.1) is 5.82 Å². The summed E-state index contributed by atoms with van der Waals surface area (Å²) in [5.41, 5.74) is 4.32. The van der Waals surface area contributed by atoms with Crippen molar-refractivity contribution in [3.8, 4) is 28.3 Å². The molecule has 1 saturated heterocycles. The fraction of sp³-hybridized carbons (Fsp3) is 0.229. The topological polar surface area (TPSA) is 71.7 Å². The minimum Gasteiger partial charge on any atom is -0.490 e. The van der Waals surface area contributed by atoms with E-state index in [2.05, 4.69) is 27.2 Å². The van der Waals surface area contributed by atoms with Crippen LogP contribution in [0.2, 0.25) is 0 Å². The molecule has 218 valence electrons. The number of likely N-dealkylation sites (tertiary alicyclic amines) is 1. The number of hydrogen-bond donors (Lipinski definition) is 0. The van der Waals surface area contributed by atoms with E-state index in [4.69, 9.17) is 9.15 Å². The van der Waals surface area contributed by atoms with Gasteiger partial charge in [0.1, 0.15) is 17.7 Å². The third-order valence-electron chi connectivity index (χ3n) is 7.57. The van der Waals surface area contributed by atoms with Crippen LogP contribution in [0.1, 0.15) is 34.7 Å². The second-order valence-corrected chi connectivity index (χ2v) is 10.9. The number of hydrogen-bond acceptors (Lipinski definition) is 6. The highest BCUT2D eigenvalue weighted by Crippen LogP contribution is 2.24. The molecule has 5 aromatic rings. The molecule has 0 bridgehead atoms. The van der Waals surface area contributed by atoms with Crippen molar-refractivity contribution < 1.29 is 18.3 Å². The number of carbonyl (C=O) groups excluding carboxylic acids is 1. The van der Waals surface area contributed by atoms with Crippen molar-refractivity contribution in [2.45, 2.75) is 32.0 Å². The van der Waals surface area contributed by atoms with E-state index in [1.54, 1.807) is 6.07 Å². The predicted octanol–water partition coefficient (Wildman–Crippen LogP) is 6.86. The quantitative estimate of drug-likeness (QED) is 0.191. The van der Waals surface area contributed by atoms with Crippen molar-refractivity contribution in [3.63, 3.8) is 0 Å². The van der Waals surface area contributed by atoms with Gasteiger partial charge in [0.2, 0.25) is 11.8 Å². The van der Waals surface area contributed by atoms with Crippen molar-refractivity contribution >= 4 is 5.91 Å². The Bertz CT molecular complexity index is 1660. The summed E-state index contributed by atoms with van der Waals surface area (Å²) in [4.78, 5) is 17.1. The van der Waals surface area contributed by atoms with Crippen molar-refractivity contribution in [2.75, 3.05) is 20.1 Å². The first-order valence-corrected chi connectivity index (χ1v) is 14.5. The van der Waals surface area contributed by atoms with E-state index in [1.165, 1.54) is 12.1 Å². The van der Waals surface area contributed by atoms with Gasteiger partial charge >= 0.3 is 0 Å². The standard InChI is InChI=1S/C35H33FN4O3/c1-39(24-33-37-38-34(43-33)27-8-3-2-4-9-27)23-25-7-5-12-32(21-25)42-31-17-19-40(20-18-31)35(41)28-15-13-26(14-16-28)29-10-6-11-30(36)22-29/h2-16,21-22,31H,17-20,23-24H2,1H3. The van der Waals surface area contributed by atoms with Crippen LogP contribution < -0.4 is 4.74 Å². The van der Waals surface area contributed by atoms with Gasteiger partial charge < -0.3 is 14.1 Å². The molecule has 0 aliphatic carbocycles. The molecule has 0 saturated carbocycles. The van der Waals surface area contributed by atoms with Gasteiger partial charge in [0.15, 0.2) is 0 Å². The highest BCUT2D eigenvalue weighted by Gasteiger charge is 2.25. The third kappa shape index (κ3) is 7.16. The number of rotatable bonds is 9. The summed E-state index contributed by atoms with van der Waals surface area (Å²) in [7, 11) is 2.02. The number of aromatic nitrogens is 2. The van der Waals surface area contributed by atoms with Crippen LogP contribution in [-0.2, 0) is 13.1 Å². The Morgan fingerprint density at radius 3 is 2.37 bits per heavy atom. The minimum absolute atomic E-state index is 0.00594. The minimum atomic E-state index is -0.278. The normalized spacial score (nSPS) is 13.8. The molecular weight excluding hydrogens is 543 g/mol. The molecule has 0 unspecified atom stereocenters.